The number of imide groups is 1. The number of nitrogens with one attached hydrogen (secondary N) is 4. The van der Waals surface area contributed by atoms with Crippen LogP contribution in [0.3, 0.4) is 0 Å². The number of rotatable bonds is 13. The molecule has 0 heterocycles. The Labute approximate surface area is 159 Å². The fraction of sp³-hybridized carbons (Fsp3) is 0.765. The summed E-state index contributed by atoms with van der Waals surface area (Å²) in [5.74, 6) is -0.796. The highest BCUT2D eigenvalue weighted by molar-refractivity contribution is 5.94. The number of carbonyl (C=O) groups excluding carboxylic acids is 2. The van der Waals surface area contributed by atoms with Gasteiger partial charge in [0, 0.05) is 0 Å². The molecule has 0 aromatic carbocycles. The highest BCUT2D eigenvalue weighted by Gasteiger charge is 2.27. The maximum atomic E-state index is 12.0. The van der Waals surface area contributed by atoms with Crippen molar-refractivity contribution in [2.24, 2.45) is 11.8 Å². The van der Waals surface area contributed by atoms with Gasteiger partial charge in [0.05, 0.1) is 18.2 Å². The van der Waals surface area contributed by atoms with Gasteiger partial charge in [-0.05, 0) is 37.6 Å². The Balaban J connectivity index is 4.63. The third-order valence-corrected chi connectivity index (χ3v) is 4.02. The van der Waals surface area contributed by atoms with E-state index in [0.717, 1.165) is 6.29 Å². The monoisotopic (exact) mass is 388 g/mol. The molecule has 2 unspecified atom stereocenters. The molecule has 0 spiro atoms. The number of amides is 3. The average molecular weight is 388 g/mol. The first-order valence-electron chi connectivity index (χ1n) is 9.06. The smallest absolute Gasteiger partial charge is 0.411 e. The predicted octanol–water partition coefficient (Wildman–Crippen LogP) is 0.972. The van der Waals surface area contributed by atoms with Gasteiger partial charge in [0.15, 0.2) is 0 Å². The van der Waals surface area contributed by atoms with Gasteiger partial charge in [0.1, 0.15) is 6.29 Å². The SMILES string of the molecule is CC(C)C(C=O)NCCCCC(NC(=O)O)N[C@H](C(=O)NC(=O)O)C(C)C. The van der Waals surface area contributed by atoms with Crippen LogP contribution in [0.2, 0.25) is 0 Å². The van der Waals surface area contributed by atoms with Gasteiger partial charge in [-0.25, -0.2) is 9.59 Å². The molecule has 10 heteroatoms. The van der Waals surface area contributed by atoms with E-state index in [0.29, 0.717) is 25.8 Å². The molecule has 0 aliphatic heterocycles. The zero-order chi connectivity index (χ0) is 21.0. The molecule has 0 aromatic heterocycles. The van der Waals surface area contributed by atoms with Crippen molar-refractivity contribution in [2.45, 2.75) is 65.2 Å². The summed E-state index contributed by atoms with van der Waals surface area (Å²) in [5, 5.41) is 27.8. The maximum Gasteiger partial charge on any atom is 0.411 e. The zero-order valence-corrected chi connectivity index (χ0v) is 16.3. The van der Waals surface area contributed by atoms with E-state index in [2.05, 4.69) is 16.0 Å². The Bertz CT molecular complexity index is 498. The second-order valence-electron chi connectivity index (χ2n) is 7.04. The molecule has 156 valence electrons. The minimum absolute atomic E-state index is 0.185. The Morgan fingerprint density at radius 1 is 0.963 bits per heavy atom. The first-order valence-corrected chi connectivity index (χ1v) is 9.06. The lowest BCUT2D eigenvalue weighted by Gasteiger charge is -2.27. The lowest BCUT2D eigenvalue weighted by Crippen LogP contribution is -2.56. The Hall–Kier alpha value is -2.20. The summed E-state index contributed by atoms with van der Waals surface area (Å²) in [6.45, 7) is 7.95. The molecule has 3 amide bonds. The molecule has 0 rings (SSSR count). The summed E-state index contributed by atoms with van der Waals surface area (Å²) >= 11 is 0. The summed E-state index contributed by atoms with van der Waals surface area (Å²) in [6, 6.07) is -1.09. The Morgan fingerprint density at radius 2 is 1.59 bits per heavy atom. The van der Waals surface area contributed by atoms with E-state index in [1.54, 1.807) is 19.2 Å². The van der Waals surface area contributed by atoms with Crippen LogP contribution in [0.5, 0.6) is 0 Å². The number of carboxylic acid groups (broad SMARTS) is 2. The quantitative estimate of drug-likeness (QED) is 0.155. The highest BCUT2D eigenvalue weighted by atomic mass is 16.4. The van der Waals surface area contributed by atoms with E-state index in [1.807, 2.05) is 13.8 Å². The van der Waals surface area contributed by atoms with Gasteiger partial charge in [-0.1, -0.05) is 27.7 Å². The average Bonchev–Trinajstić information content (AvgIpc) is 2.53. The molecule has 0 saturated heterocycles. The Morgan fingerprint density at radius 3 is 2.04 bits per heavy atom. The molecule has 0 aromatic rings. The first kappa shape index (κ1) is 24.8. The number of carbonyl (C=O) groups is 4. The van der Waals surface area contributed by atoms with Gasteiger partial charge in [0.25, 0.3) is 0 Å². The van der Waals surface area contributed by atoms with Crippen LogP contribution < -0.4 is 21.3 Å². The molecule has 0 saturated carbocycles. The second kappa shape index (κ2) is 13.0. The molecule has 0 aliphatic carbocycles. The van der Waals surface area contributed by atoms with E-state index < -0.39 is 30.3 Å². The molecule has 10 nitrogen and oxygen atoms in total. The largest absolute Gasteiger partial charge is 0.465 e. The van der Waals surface area contributed by atoms with Crippen molar-refractivity contribution in [3.8, 4) is 0 Å². The van der Waals surface area contributed by atoms with Gasteiger partial charge >= 0.3 is 12.2 Å². The molecule has 0 fully saturated rings. The van der Waals surface area contributed by atoms with Gasteiger partial charge < -0.3 is 25.6 Å². The lowest BCUT2D eigenvalue weighted by molar-refractivity contribution is -0.123. The van der Waals surface area contributed by atoms with Crippen molar-refractivity contribution in [3.63, 3.8) is 0 Å². The summed E-state index contributed by atoms with van der Waals surface area (Å²) in [4.78, 5) is 44.6. The van der Waals surface area contributed by atoms with Crippen molar-refractivity contribution >= 4 is 24.4 Å². The van der Waals surface area contributed by atoms with Crippen molar-refractivity contribution in [1.29, 1.82) is 0 Å². The summed E-state index contributed by atoms with van der Waals surface area (Å²) in [6.07, 6.45) is -0.782. The maximum absolute atomic E-state index is 12.0. The van der Waals surface area contributed by atoms with Gasteiger partial charge in [-0.15, -0.1) is 0 Å². The van der Waals surface area contributed by atoms with Crippen molar-refractivity contribution in [2.75, 3.05) is 6.54 Å². The van der Waals surface area contributed by atoms with Crippen LogP contribution in [0, 0.1) is 11.8 Å². The highest BCUT2D eigenvalue weighted by Crippen LogP contribution is 2.07. The fourth-order valence-electron chi connectivity index (χ4n) is 2.50. The van der Waals surface area contributed by atoms with E-state index in [9.17, 15) is 19.2 Å². The van der Waals surface area contributed by atoms with E-state index in [-0.39, 0.29) is 17.9 Å². The van der Waals surface area contributed by atoms with Crippen LogP contribution in [0.25, 0.3) is 0 Å². The molecular formula is C17H32N4O6. The summed E-state index contributed by atoms with van der Waals surface area (Å²) in [5.41, 5.74) is 0. The molecule has 0 bridgehead atoms. The standard InChI is InChI=1S/C17H32N4O6/c1-10(2)12(9-22)18-8-6-5-7-13(20-16(24)25)19-14(11(3)4)15(23)21-17(26)27/h9-14,18-20H,5-8H2,1-4H3,(H,21,23)(H,24,25)(H,26,27)/t12?,13?,14-/m0/s1. The van der Waals surface area contributed by atoms with Crippen LogP contribution in [-0.2, 0) is 9.59 Å². The molecule has 27 heavy (non-hydrogen) atoms. The molecule has 3 atom stereocenters. The molecule has 6 N–H and O–H groups in total. The summed E-state index contributed by atoms with van der Waals surface area (Å²) in [7, 11) is 0. The first-order chi connectivity index (χ1) is 12.6. The number of unbranched alkanes of at least 4 members (excludes halogenated alkanes) is 1. The van der Waals surface area contributed by atoms with Crippen LogP contribution in [0.15, 0.2) is 0 Å². The summed E-state index contributed by atoms with van der Waals surface area (Å²) < 4.78 is 0. The fourth-order valence-corrected chi connectivity index (χ4v) is 2.50. The van der Waals surface area contributed by atoms with Crippen molar-refractivity contribution in [1.82, 2.24) is 21.3 Å². The van der Waals surface area contributed by atoms with Crippen LogP contribution in [0.4, 0.5) is 9.59 Å². The third kappa shape index (κ3) is 11.2. The minimum atomic E-state index is -1.46. The normalized spacial score (nSPS) is 14.4. The topological polar surface area (TPSA) is 157 Å². The van der Waals surface area contributed by atoms with E-state index >= 15 is 0 Å². The van der Waals surface area contributed by atoms with Crippen LogP contribution in [-0.4, -0.2) is 59.4 Å². The number of hydrogen-bond acceptors (Lipinski definition) is 6. The van der Waals surface area contributed by atoms with Gasteiger partial charge in [-0.3, -0.25) is 15.4 Å². The predicted molar refractivity (Wildman–Crippen MR) is 99.4 cm³/mol. The molecular weight excluding hydrogens is 356 g/mol. The number of aldehydes is 1. The van der Waals surface area contributed by atoms with E-state index in [4.69, 9.17) is 10.2 Å². The second-order valence-corrected chi connectivity index (χ2v) is 7.04. The molecule has 0 radical (unpaired) electrons. The lowest BCUT2D eigenvalue weighted by atomic mass is 10.0. The van der Waals surface area contributed by atoms with Crippen LogP contribution >= 0.6 is 0 Å². The zero-order valence-electron chi connectivity index (χ0n) is 16.3. The van der Waals surface area contributed by atoms with Crippen molar-refractivity contribution < 1.29 is 29.4 Å². The van der Waals surface area contributed by atoms with Gasteiger partial charge in [0.2, 0.25) is 5.91 Å². The molecule has 0 aliphatic rings. The number of hydrogen-bond donors (Lipinski definition) is 6. The van der Waals surface area contributed by atoms with E-state index in [1.165, 1.54) is 0 Å². The van der Waals surface area contributed by atoms with Gasteiger partial charge in [-0.2, -0.15) is 0 Å². The van der Waals surface area contributed by atoms with Crippen LogP contribution in [0.1, 0.15) is 47.0 Å². The Kier molecular flexibility index (Phi) is 12.0. The van der Waals surface area contributed by atoms with Crippen molar-refractivity contribution in [3.05, 3.63) is 0 Å². The third-order valence-electron chi connectivity index (χ3n) is 4.02. The minimum Gasteiger partial charge on any atom is -0.465 e.